The number of aromatic nitrogens is 2. The molecular formula is C12H20N4O. The van der Waals surface area contributed by atoms with Crippen LogP contribution in [0.3, 0.4) is 0 Å². The fourth-order valence-electron chi connectivity index (χ4n) is 2.15. The molecule has 5 heteroatoms. The number of piperidine rings is 1. The van der Waals surface area contributed by atoms with E-state index >= 15 is 0 Å². The Morgan fingerprint density at radius 2 is 2.41 bits per heavy atom. The first kappa shape index (κ1) is 12.1. The van der Waals surface area contributed by atoms with E-state index in [0.717, 1.165) is 6.54 Å². The molecule has 0 spiro atoms. The van der Waals surface area contributed by atoms with E-state index in [9.17, 15) is 0 Å². The van der Waals surface area contributed by atoms with Gasteiger partial charge in [-0.1, -0.05) is 6.42 Å². The monoisotopic (exact) mass is 236 g/mol. The summed E-state index contributed by atoms with van der Waals surface area (Å²) in [7, 11) is 3.79. The Hall–Kier alpha value is -1.36. The maximum atomic E-state index is 5.07. The third kappa shape index (κ3) is 3.30. The van der Waals surface area contributed by atoms with Crippen LogP contribution in [0.25, 0.3) is 0 Å². The Morgan fingerprint density at radius 1 is 1.53 bits per heavy atom. The first-order chi connectivity index (χ1) is 8.29. The average Bonchev–Trinajstić information content (AvgIpc) is 2.38. The van der Waals surface area contributed by atoms with Gasteiger partial charge in [0.25, 0.3) is 0 Å². The van der Waals surface area contributed by atoms with Gasteiger partial charge in [0, 0.05) is 24.8 Å². The van der Waals surface area contributed by atoms with Crippen molar-refractivity contribution in [2.45, 2.75) is 25.3 Å². The van der Waals surface area contributed by atoms with E-state index in [0.29, 0.717) is 17.9 Å². The van der Waals surface area contributed by atoms with Crippen molar-refractivity contribution >= 4 is 5.95 Å². The Kier molecular flexibility index (Phi) is 4.14. The number of anilines is 1. The number of likely N-dealkylation sites (N-methyl/N-ethyl adjacent to an activating group) is 1. The van der Waals surface area contributed by atoms with E-state index in [1.807, 2.05) is 0 Å². The zero-order chi connectivity index (χ0) is 12.1. The summed E-state index contributed by atoms with van der Waals surface area (Å²) >= 11 is 0. The van der Waals surface area contributed by atoms with Crippen LogP contribution in [0.2, 0.25) is 0 Å². The Bertz CT molecular complexity index is 358. The van der Waals surface area contributed by atoms with Gasteiger partial charge in [-0.2, -0.15) is 4.98 Å². The smallest absolute Gasteiger partial charge is 0.225 e. The second-order valence-corrected chi connectivity index (χ2v) is 4.43. The molecule has 1 atom stereocenters. The number of rotatable bonds is 4. The van der Waals surface area contributed by atoms with Crippen LogP contribution in [0.1, 0.15) is 19.3 Å². The highest BCUT2D eigenvalue weighted by molar-refractivity contribution is 5.27. The molecule has 2 rings (SSSR count). The Balaban J connectivity index is 1.88. The molecule has 0 saturated carbocycles. The molecule has 0 radical (unpaired) electrons. The summed E-state index contributed by atoms with van der Waals surface area (Å²) in [5.41, 5.74) is 0. The standard InChI is InChI=1S/C12H20N4O/c1-16-8-4-3-5-10(16)9-14-12-13-7-6-11(15-12)17-2/h6-7,10H,3-5,8-9H2,1-2H3,(H,13,14,15). The summed E-state index contributed by atoms with van der Waals surface area (Å²) in [5, 5.41) is 3.28. The minimum absolute atomic E-state index is 0.582. The summed E-state index contributed by atoms with van der Waals surface area (Å²) in [4.78, 5) is 10.8. The zero-order valence-corrected chi connectivity index (χ0v) is 10.5. The summed E-state index contributed by atoms with van der Waals surface area (Å²) in [6.45, 7) is 2.08. The highest BCUT2D eigenvalue weighted by Crippen LogP contribution is 2.15. The number of nitrogens with zero attached hydrogens (tertiary/aromatic N) is 3. The maximum Gasteiger partial charge on any atom is 0.225 e. The van der Waals surface area contributed by atoms with Crippen molar-refractivity contribution in [3.8, 4) is 5.88 Å². The van der Waals surface area contributed by atoms with Crippen molar-refractivity contribution in [1.29, 1.82) is 0 Å². The van der Waals surface area contributed by atoms with E-state index in [4.69, 9.17) is 4.74 Å². The topological polar surface area (TPSA) is 50.3 Å². The van der Waals surface area contributed by atoms with Crippen molar-refractivity contribution in [2.75, 3.05) is 32.6 Å². The van der Waals surface area contributed by atoms with E-state index < -0.39 is 0 Å². The molecule has 94 valence electrons. The third-order valence-corrected chi connectivity index (χ3v) is 3.26. The van der Waals surface area contributed by atoms with Crippen LogP contribution in [0.15, 0.2) is 12.3 Å². The lowest BCUT2D eigenvalue weighted by Gasteiger charge is -2.32. The van der Waals surface area contributed by atoms with Gasteiger partial charge in [0.05, 0.1) is 7.11 Å². The Labute approximate surface area is 102 Å². The molecule has 1 aliphatic heterocycles. The first-order valence-corrected chi connectivity index (χ1v) is 6.11. The van der Waals surface area contributed by atoms with E-state index in [-0.39, 0.29) is 0 Å². The average molecular weight is 236 g/mol. The summed E-state index contributed by atoms with van der Waals surface area (Å²) in [6, 6.07) is 2.33. The summed E-state index contributed by atoms with van der Waals surface area (Å²) in [6.07, 6.45) is 5.57. The molecule has 0 aromatic carbocycles. The molecule has 1 aromatic rings. The number of nitrogens with one attached hydrogen (secondary N) is 1. The van der Waals surface area contributed by atoms with Crippen molar-refractivity contribution < 1.29 is 4.74 Å². The molecule has 5 nitrogen and oxygen atoms in total. The highest BCUT2D eigenvalue weighted by Gasteiger charge is 2.18. The molecule has 0 aliphatic carbocycles. The fourth-order valence-corrected chi connectivity index (χ4v) is 2.15. The predicted octanol–water partition coefficient (Wildman–Crippen LogP) is 1.38. The number of likely N-dealkylation sites (tertiary alicyclic amines) is 1. The van der Waals surface area contributed by atoms with Crippen molar-refractivity contribution in [1.82, 2.24) is 14.9 Å². The lowest BCUT2D eigenvalue weighted by atomic mass is 10.0. The van der Waals surface area contributed by atoms with Gasteiger partial charge in [0.1, 0.15) is 0 Å². The van der Waals surface area contributed by atoms with Crippen molar-refractivity contribution in [3.05, 3.63) is 12.3 Å². The van der Waals surface area contributed by atoms with E-state index in [2.05, 4.69) is 27.2 Å². The van der Waals surface area contributed by atoms with Gasteiger partial charge in [0.15, 0.2) is 0 Å². The van der Waals surface area contributed by atoms with Crippen LogP contribution >= 0.6 is 0 Å². The van der Waals surface area contributed by atoms with Crippen LogP contribution in [-0.2, 0) is 0 Å². The Morgan fingerprint density at radius 3 is 3.18 bits per heavy atom. The minimum Gasteiger partial charge on any atom is -0.481 e. The minimum atomic E-state index is 0.582. The van der Waals surface area contributed by atoms with Gasteiger partial charge < -0.3 is 15.0 Å². The van der Waals surface area contributed by atoms with Gasteiger partial charge in [-0.3, -0.25) is 0 Å². The normalized spacial score (nSPS) is 21.2. The van der Waals surface area contributed by atoms with E-state index in [1.54, 1.807) is 19.4 Å². The molecule has 2 heterocycles. The van der Waals surface area contributed by atoms with Crippen LogP contribution in [0.4, 0.5) is 5.95 Å². The van der Waals surface area contributed by atoms with Crippen LogP contribution in [0.5, 0.6) is 5.88 Å². The third-order valence-electron chi connectivity index (χ3n) is 3.26. The van der Waals surface area contributed by atoms with Crippen LogP contribution in [-0.4, -0.2) is 48.2 Å². The van der Waals surface area contributed by atoms with Gasteiger partial charge in [0.2, 0.25) is 11.8 Å². The largest absolute Gasteiger partial charge is 0.481 e. The molecule has 1 N–H and O–H groups in total. The fraction of sp³-hybridized carbons (Fsp3) is 0.667. The molecule has 1 aromatic heterocycles. The molecule has 0 bridgehead atoms. The zero-order valence-electron chi connectivity index (χ0n) is 10.5. The molecular weight excluding hydrogens is 216 g/mol. The summed E-state index contributed by atoms with van der Waals surface area (Å²) in [5.74, 6) is 1.24. The number of hydrogen-bond donors (Lipinski definition) is 1. The second-order valence-electron chi connectivity index (χ2n) is 4.43. The first-order valence-electron chi connectivity index (χ1n) is 6.11. The van der Waals surface area contributed by atoms with Gasteiger partial charge in [-0.25, -0.2) is 4.98 Å². The van der Waals surface area contributed by atoms with E-state index in [1.165, 1.54) is 25.8 Å². The molecule has 0 amide bonds. The highest BCUT2D eigenvalue weighted by atomic mass is 16.5. The predicted molar refractivity (Wildman–Crippen MR) is 67.3 cm³/mol. The number of hydrogen-bond acceptors (Lipinski definition) is 5. The van der Waals surface area contributed by atoms with Crippen molar-refractivity contribution in [3.63, 3.8) is 0 Å². The maximum absolute atomic E-state index is 5.07. The second kappa shape index (κ2) is 5.82. The van der Waals surface area contributed by atoms with Crippen LogP contribution in [0, 0.1) is 0 Å². The molecule has 1 aliphatic rings. The van der Waals surface area contributed by atoms with Crippen molar-refractivity contribution in [2.24, 2.45) is 0 Å². The molecule has 17 heavy (non-hydrogen) atoms. The lowest BCUT2D eigenvalue weighted by Crippen LogP contribution is -2.40. The van der Waals surface area contributed by atoms with Crippen LogP contribution < -0.4 is 10.1 Å². The molecule has 1 unspecified atom stereocenters. The number of ether oxygens (including phenoxy) is 1. The summed E-state index contributed by atoms with van der Waals surface area (Å²) < 4.78 is 5.07. The lowest BCUT2D eigenvalue weighted by molar-refractivity contribution is 0.194. The SMILES string of the molecule is COc1ccnc(NCC2CCCCN2C)n1. The van der Waals surface area contributed by atoms with Gasteiger partial charge >= 0.3 is 0 Å². The molecule has 1 fully saturated rings. The quantitative estimate of drug-likeness (QED) is 0.856. The molecule has 1 saturated heterocycles. The number of methoxy groups -OCH3 is 1. The van der Waals surface area contributed by atoms with Gasteiger partial charge in [-0.05, 0) is 26.4 Å². The van der Waals surface area contributed by atoms with Gasteiger partial charge in [-0.15, -0.1) is 0 Å².